The van der Waals surface area contributed by atoms with Gasteiger partial charge in [-0.3, -0.25) is 4.79 Å². The van der Waals surface area contributed by atoms with Gasteiger partial charge in [-0.05, 0) is 18.6 Å². The number of anilines is 1. The Morgan fingerprint density at radius 1 is 1.42 bits per heavy atom. The summed E-state index contributed by atoms with van der Waals surface area (Å²) in [6.07, 6.45) is 0.478. The average molecular weight is 262 g/mol. The van der Waals surface area contributed by atoms with Gasteiger partial charge in [-0.15, -0.1) is 0 Å². The zero-order valence-corrected chi connectivity index (χ0v) is 11.6. The summed E-state index contributed by atoms with van der Waals surface area (Å²) in [6, 6.07) is 7.19. The quantitative estimate of drug-likeness (QED) is 0.816. The molecule has 1 aromatic carbocycles. The van der Waals surface area contributed by atoms with Crippen LogP contribution in [0, 0.1) is 17.2 Å². The van der Waals surface area contributed by atoms with E-state index in [2.05, 4.69) is 0 Å². The number of nitrogens with zero attached hydrogens (tertiary/aromatic N) is 2. The van der Waals surface area contributed by atoms with Crippen molar-refractivity contribution in [3.8, 4) is 17.6 Å². The first kappa shape index (κ1) is 14.8. The highest BCUT2D eigenvalue weighted by Gasteiger charge is 2.23. The molecule has 1 rings (SSSR count). The minimum Gasteiger partial charge on any atom is -0.497 e. The molecule has 0 bridgehead atoms. The molecule has 0 heterocycles. The van der Waals surface area contributed by atoms with Crippen LogP contribution in [-0.4, -0.2) is 27.2 Å². The van der Waals surface area contributed by atoms with Crippen molar-refractivity contribution in [3.05, 3.63) is 18.2 Å². The molecular weight excluding hydrogens is 244 g/mol. The van der Waals surface area contributed by atoms with Crippen molar-refractivity contribution < 1.29 is 14.3 Å². The Morgan fingerprint density at radius 3 is 2.58 bits per heavy atom. The Bertz CT molecular complexity index is 494. The molecule has 1 amide bonds. The third kappa shape index (κ3) is 3.16. The van der Waals surface area contributed by atoms with Crippen molar-refractivity contribution in [3.63, 3.8) is 0 Å². The van der Waals surface area contributed by atoms with Gasteiger partial charge in [0.1, 0.15) is 17.4 Å². The molecule has 0 N–H and O–H groups in total. The van der Waals surface area contributed by atoms with Crippen LogP contribution in [0.25, 0.3) is 0 Å². The molecule has 19 heavy (non-hydrogen) atoms. The van der Waals surface area contributed by atoms with Crippen LogP contribution in [0.4, 0.5) is 5.69 Å². The highest BCUT2D eigenvalue weighted by atomic mass is 16.5. The van der Waals surface area contributed by atoms with Crippen LogP contribution in [0.1, 0.15) is 13.3 Å². The van der Waals surface area contributed by atoms with E-state index >= 15 is 0 Å². The fourth-order valence-corrected chi connectivity index (χ4v) is 1.73. The normalized spacial score (nSPS) is 11.3. The van der Waals surface area contributed by atoms with E-state index in [4.69, 9.17) is 14.7 Å². The summed E-state index contributed by atoms with van der Waals surface area (Å²) in [5, 5.41) is 8.97. The second kappa shape index (κ2) is 6.64. The van der Waals surface area contributed by atoms with Gasteiger partial charge in [0.15, 0.2) is 0 Å². The third-order valence-electron chi connectivity index (χ3n) is 2.94. The summed E-state index contributed by atoms with van der Waals surface area (Å²) in [5.74, 6) is 0.280. The molecule has 0 saturated carbocycles. The van der Waals surface area contributed by atoms with Gasteiger partial charge in [-0.25, -0.2) is 0 Å². The van der Waals surface area contributed by atoms with Crippen LogP contribution in [0.5, 0.6) is 11.5 Å². The molecule has 5 nitrogen and oxygen atoms in total. The summed E-state index contributed by atoms with van der Waals surface area (Å²) in [6.45, 7) is 1.81. The van der Waals surface area contributed by atoms with Gasteiger partial charge in [0.2, 0.25) is 5.91 Å². The second-order valence-corrected chi connectivity index (χ2v) is 4.02. The topological polar surface area (TPSA) is 62.6 Å². The number of benzene rings is 1. The maximum absolute atomic E-state index is 12.2. The third-order valence-corrected chi connectivity index (χ3v) is 2.94. The first-order chi connectivity index (χ1) is 9.08. The molecule has 1 aromatic rings. The predicted molar refractivity (Wildman–Crippen MR) is 72.4 cm³/mol. The maximum atomic E-state index is 12.2. The fourth-order valence-electron chi connectivity index (χ4n) is 1.73. The van der Waals surface area contributed by atoms with Gasteiger partial charge in [0.25, 0.3) is 0 Å². The van der Waals surface area contributed by atoms with Crippen LogP contribution < -0.4 is 14.4 Å². The lowest BCUT2D eigenvalue weighted by atomic mass is 10.1. The molecule has 5 heteroatoms. The first-order valence-corrected chi connectivity index (χ1v) is 5.98. The predicted octanol–water partition coefficient (Wildman–Crippen LogP) is 2.22. The standard InChI is InChI=1S/C14H18N2O3/c1-5-10(9-15)14(17)16(2)12-8-11(18-3)6-7-13(12)19-4/h6-8,10H,5H2,1-4H3. The minimum atomic E-state index is -0.652. The maximum Gasteiger partial charge on any atom is 0.244 e. The minimum absolute atomic E-state index is 0.253. The molecule has 0 fully saturated rings. The van der Waals surface area contributed by atoms with Crippen molar-refractivity contribution >= 4 is 11.6 Å². The number of carbonyl (C=O) groups is 1. The number of amides is 1. The van der Waals surface area contributed by atoms with Gasteiger partial charge >= 0.3 is 0 Å². The van der Waals surface area contributed by atoms with Gasteiger partial charge in [0.05, 0.1) is 26.0 Å². The van der Waals surface area contributed by atoms with Crippen LogP contribution in [0.2, 0.25) is 0 Å². The van der Waals surface area contributed by atoms with Crippen molar-refractivity contribution in [2.45, 2.75) is 13.3 Å². The van der Waals surface area contributed by atoms with Gasteiger partial charge < -0.3 is 14.4 Å². The number of nitriles is 1. The molecule has 102 valence electrons. The molecule has 0 aromatic heterocycles. The highest BCUT2D eigenvalue weighted by molar-refractivity contribution is 5.97. The lowest BCUT2D eigenvalue weighted by molar-refractivity contribution is -0.120. The summed E-state index contributed by atoms with van der Waals surface area (Å²) < 4.78 is 10.4. The van der Waals surface area contributed by atoms with E-state index in [0.717, 1.165) is 0 Å². The monoisotopic (exact) mass is 262 g/mol. The average Bonchev–Trinajstić information content (AvgIpc) is 2.46. The van der Waals surface area contributed by atoms with E-state index in [0.29, 0.717) is 23.6 Å². The summed E-state index contributed by atoms with van der Waals surface area (Å²) in [7, 11) is 4.71. The van der Waals surface area contributed by atoms with E-state index in [9.17, 15) is 4.79 Å². The molecule has 0 radical (unpaired) electrons. The van der Waals surface area contributed by atoms with Gasteiger partial charge in [0, 0.05) is 13.1 Å². The van der Waals surface area contributed by atoms with Crippen LogP contribution in [0.3, 0.4) is 0 Å². The van der Waals surface area contributed by atoms with E-state index in [1.807, 2.05) is 13.0 Å². The highest BCUT2D eigenvalue weighted by Crippen LogP contribution is 2.32. The number of carbonyl (C=O) groups excluding carboxylic acids is 1. The van der Waals surface area contributed by atoms with Crippen molar-refractivity contribution in [2.75, 3.05) is 26.2 Å². The largest absolute Gasteiger partial charge is 0.497 e. The number of rotatable bonds is 5. The summed E-state index contributed by atoms with van der Waals surface area (Å²) >= 11 is 0. The summed E-state index contributed by atoms with van der Waals surface area (Å²) in [5.41, 5.74) is 0.584. The number of hydrogen-bond donors (Lipinski definition) is 0. The summed E-state index contributed by atoms with van der Waals surface area (Å²) in [4.78, 5) is 13.6. The zero-order valence-electron chi connectivity index (χ0n) is 11.6. The van der Waals surface area contributed by atoms with Crippen LogP contribution in [0.15, 0.2) is 18.2 Å². The molecule has 1 atom stereocenters. The van der Waals surface area contributed by atoms with Crippen molar-refractivity contribution in [1.29, 1.82) is 5.26 Å². The van der Waals surface area contributed by atoms with E-state index in [1.54, 1.807) is 32.4 Å². The fraction of sp³-hybridized carbons (Fsp3) is 0.429. The number of hydrogen-bond acceptors (Lipinski definition) is 4. The Labute approximate surface area is 113 Å². The molecule has 0 aliphatic rings. The van der Waals surface area contributed by atoms with Crippen molar-refractivity contribution in [2.24, 2.45) is 5.92 Å². The molecule has 1 unspecified atom stereocenters. The van der Waals surface area contributed by atoms with Crippen LogP contribution in [-0.2, 0) is 4.79 Å². The molecule has 0 aliphatic heterocycles. The van der Waals surface area contributed by atoms with E-state index < -0.39 is 5.92 Å². The zero-order chi connectivity index (χ0) is 14.4. The lowest BCUT2D eigenvalue weighted by Crippen LogP contribution is -2.32. The first-order valence-electron chi connectivity index (χ1n) is 5.98. The Balaban J connectivity index is 3.13. The second-order valence-electron chi connectivity index (χ2n) is 4.02. The van der Waals surface area contributed by atoms with Crippen molar-refractivity contribution in [1.82, 2.24) is 0 Å². The SMILES string of the molecule is CCC(C#N)C(=O)N(C)c1cc(OC)ccc1OC. The Morgan fingerprint density at radius 2 is 2.11 bits per heavy atom. The lowest BCUT2D eigenvalue weighted by Gasteiger charge is -2.22. The number of methoxy groups -OCH3 is 2. The van der Waals surface area contributed by atoms with E-state index in [1.165, 1.54) is 12.0 Å². The molecule has 0 spiro atoms. The molecule has 0 aliphatic carbocycles. The Kier molecular flexibility index (Phi) is 5.19. The number of ether oxygens (including phenoxy) is 2. The molecular formula is C14H18N2O3. The smallest absolute Gasteiger partial charge is 0.244 e. The van der Waals surface area contributed by atoms with E-state index in [-0.39, 0.29) is 5.91 Å². The Hall–Kier alpha value is -2.22. The van der Waals surface area contributed by atoms with Gasteiger partial charge in [-0.2, -0.15) is 5.26 Å². The van der Waals surface area contributed by atoms with Gasteiger partial charge in [-0.1, -0.05) is 6.92 Å². The molecule has 0 saturated heterocycles. The van der Waals surface area contributed by atoms with Crippen LogP contribution >= 0.6 is 0 Å².